The van der Waals surface area contributed by atoms with Crippen molar-refractivity contribution in [2.24, 2.45) is 0 Å². The summed E-state index contributed by atoms with van der Waals surface area (Å²) >= 11 is 0. The highest BCUT2D eigenvalue weighted by atomic mass is 19.1. The summed E-state index contributed by atoms with van der Waals surface area (Å²) in [7, 11) is 0. The number of benzene rings is 2. The Labute approximate surface area is 135 Å². The third-order valence-corrected chi connectivity index (χ3v) is 2.96. The number of carbonyl (C=O) groups is 2. The van der Waals surface area contributed by atoms with E-state index in [2.05, 4.69) is 0 Å². The molecule has 0 aliphatic rings. The van der Waals surface area contributed by atoms with Gasteiger partial charge in [-0.05, 0) is 37.3 Å². The Morgan fingerprint density at radius 1 is 1.17 bits per heavy atom. The number of ketones is 1. The summed E-state index contributed by atoms with van der Waals surface area (Å²) in [5, 5.41) is 10.8. The summed E-state index contributed by atoms with van der Waals surface area (Å²) in [6.45, 7) is 0.881. The Morgan fingerprint density at radius 3 is 2.42 bits per heavy atom. The van der Waals surface area contributed by atoms with E-state index < -0.39 is 34.8 Å². The second-order valence-electron chi connectivity index (χ2n) is 4.71. The van der Waals surface area contributed by atoms with Crippen LogP contribution in [0, 0.1) is 15.9 Å². The first-order chi connectivity index (χ1) is 11.4. The second kappa shape index (κ2) is 7.32. The first-order valence-corrected chi connectivity index (χ1v) is 6.75. The van der Waals surface area contributed by atoms with Crippen LogP contribution in [0.5, 0.6) is 11.5 Å². The van der Waals surface area contributed by atoms with Crippen LogP contribution in [0.2, 0.25) is 0 Å². The molecule has 0 atom stereocenters. The minimum absolute atomic E-state index is 0.112. The van der Waals surface area contributed by atoms with Gasteiger partial charge in [0.15, 0.2) is 12.4 Å². The minimum Gasteiger partial charge on any atom is -0.482 e. The van der Waals surface area contributed by atoms with Crippen molar-refractivity contribution in [1.82, 2.24) is 0 Å². The number of nitro groups is 1. The number of hydrogen-bond donors (Lipinski definition) is 0. The average Bonchev–Trinajstić information content (AvgIpc) is 2.53. The number of hydrogen-bond acceptors (Lipinski definition) is 6. The largest absolute Gasteiger partial charge is 0.482 e. The number of esters is 1. The summed E-state index contributed by atoms with van der Waals surface area (Å²) in [5.74, 6) is -2.01. The SMILES string of the molecule is CC(=O)c1ccc(OCC(=O)Oc2cc(F)ccc2[N+](=O)[O-])cc1. The molecule has 2 rings (SSSR count). The van der Waals surface area contributed by atoms with E-state index in [1.807, 2.05) is 0 Å². The van der Waals surface area contributed by atoms with E-state index in [9.17, 15) is 24.1 Å². The molecule has 0 saturated heterocycles. The van der Waals surface area contributed by atoms with Crippen LogP contribution in [-0.4, -0.2) is 23.3 Å². The third-order valence-electron chi connectivity index (χ3n) is 2.96. The van der Waals surface area contributed by atoms with Crippen LogP contribution in [0.3, 0.4) is 0 Å². The first kappa shape index (κ1) is 17.1. The molecule has 124 valence electrons. The molecule has 8 heteroatoms. The van der Waals surface area contributed by atoms with Crippen molar-refractivity contribution < 1.29 is 28.4 Å². The normalized spacial score (nSPS) is 10.1. The lowest BCUT2D eigenvalue weighted by molar-refractivity contribution is -0.385. The summed E-state index contributed by atoms with van der Waals surface area (Å²) in [5.41, 5.74) is -0.0455. The van der Waals surface area contributed by atoms with Gasteiger partial charge in [0.1, 0.15) is 11.6 Å². The maximum atomic E-state index is 13.1. The van der Waals surface area contributed by atoms with Gasteiger partial charge in [0.2, 0.25) is 5.75 Å². The molecule has 0 heterocycles. The fourth-order valence-electron chi connectivity index (χ4n) is 1.80. The van der Waals surface area contributed by atoms with Crippen molar-refractivity contribution in [1.29, 1.82) is 0 Å². The van der Waals surface area contributed by atoms with Crippen LogP contribution < -0.4 is 9.47 Å². The smallest absolute Gasteiger partial charge is 0.349 e. The number of halogens is 1. The molecule has 24 heavy (non-hydrogen) atoms. The van der Waals surface area contributed by atoms with Crippen LogP contribution >= 0.6 is 0 Å². The number of rotatable bonds is 6. The zero-order valence-electron chi connectivity index (χ0n) is 12.5. The van der Waals surface area contributed by atoms with Crippen LogP contribution in [0.4, 0.5) is 10.1 Å². The molecule has 0 N–H and O–H groups in total. The number of nitro benzene ring substituents is 1. The molecule has 7 nitrogen and oxygen atoms in total. The molecular formula is C16H12FNO6. The van der Waals surface area contributed by atoms with E-state index in [4.69, 9.17) is 9.47 Å². The van der Waals surface area contributed by atoms with E-state index in [1.165, 1.54) is 31.2 Å². The fraction of sp³-hybridized carbons (Fsp3) is 0.125. The monoisotopic (exact) mass is 333 g/mol. The van der Waals surface area contributed by atoms with Gasteiger partial charge in [-0.3, -0.25) is 14.9 Å². The Bertz CT molecular complexity index is 788. The number of carbonyl (C=O) groups excluding carboxylic acids is 2. The Morgan fingerprint density at radius 2 is 1.83 bits per heavy atom. The Balaban J connectivity index is 2.00. The van der Waals surface area contributed by atoms with Crippen molar-refractivity contribution in [2.75, 3.05) is 6.61 Å². The quantitative estimate of drug-likeness (QED) is 0.265. The molecule has 0 aliphatic heterocycles. The molecule has 0 amide bonds. The third kappa shape index (κ3) is 4.35. The number of ether oxygens (including phenoxy) is 2. The predicted molar refractivity (Wildman–Crippen MR) is 80.6 cm³/mol. The molecule has 0 aromatic heterocycles. The van der Waals surface area contributed by atoms with E-state index in [1.54, 1.807) is 0 Å². The highest BCUT2D eigenvalue weighted by Crippen LogP contribution is 2.27. The Kier molecular flexibility index (Phi) is 5.20. The van der Waals surface area contributed by atoms with Crippen molar-refractivity contribution in [3.8, 4) is 11.5 Å². The molecule has 0 fully saturated rings. The van der Waals surface area contributed by atoms with Gasteiger partial charge in [-0.2, -0.15) is 0 Å². The van der Waals surface area contributed by atoms with Crippen molar-refractivity contribution in [2.45, 2.75) is 6.92 Å². The lowest BCUT2D eigenvalue weighted by atomic mass is 10.1. The molecule has 0 radical (unpaired) electrons. The number of nitrogens with zero attached hydrogens (tertiary/aromatic N) is 1. The molecule has 0 saturated carbocycles. The van der Waals surface area contributed by atoms with Gasteiger partial charge in [-0.15, -0.1) is 0 Å². The summed E-state index contributed by atoms with van der Waals surface area (Å²) in [6, 6.07) is 8.59. The zero-order chi connectivity index (χ0) is 17.7. The lowest BCUT2D eigenvalue weighted by Crippen LogP contribution is -2.18. The highest BCUT2D eigenvalue weighted by Gasteiger charge is 2.19. The van der Waals surface area contributed by atoms with Crippen LogP contribution in [-0.2, 0) is 4.79 Å². The molecule has 0 spiro atoms. The van der Waals surface area contributed by atoms with Crippen molar-refractivity contribution >= 4 is 17.4 Å². The highest BCUT2D eigenvalue weighted by molar-refractivity contribution is 5.94. The fourth-order valence-corrected chi connectivity index (χ4v) is 1.80. The van der Waals surface area contributed by atoms with Crippen LogP contribution in [0.25, 0.3) is 0 Å². The molecular weight excluding hydrogens is 321 g/mol. The summed E-state index contributed by atoms with van der Waals surface area (Å²) in [6.07, 6.45) is 0. The topological polar surface area (TPSA) is 95.7 Å². The predicted octanol–water partition coefficient (Wildman–Crippen LogP) is 2.92. The van der Waals surface area contributed by atoms with Gasteiger partial charge in [0.05, 0.1) is 4.92 Å². The van der Waals surface area contributed by atoms with Crippen LogP contribution in [0.1, 0.15) is 17.3 Å². The van der Waals surface area contributed by atoms with Gasteiger partial charge in [-0.25, -0.2) is 9.18 Å². The van der Waals surface area contributed by atoms with Gasteiger partial charge < -0.3 is 9.47 Å². The molecule has 2 aromatic rings. The van der Waals surface area contributed by atoms with Crippen molar-refractivity contribution in [3.63, 3.8) is 0 Å². The van der Waals surface area contributed by atoms with Gasteiger partial charge in [-0.1, -0.05) is 0 Å². The van der Waals surface area contributed by atoms with E-state index in [0.29, 0.717) is 11.3 Å². The first-order valence-electron chi connectivity index (χ1n) is 6.75. The zero-order valence-corrected chi connectivity index (χ0v) is 12.5. The van der Waals surface area contributed by atoms with E-state index in [-0.39, 0.29) is 5.78 Å². The minimum atomic E-state index is -0.931. The molecule has 0 unspecified atom stereocenters. The maximum Gasteiger partial charge on any atom is 0.349 e. The van der Waals surface area contributed by atoms with Gasteiger partial charge >= 0.3 is 11.7 Å². The summed E-state index contributed by atoms with van der Waals surface area (Å²) in [4.78, 5) is 32.9. The standard InChI is InChI=1S/C16H12FNO6/c1-10(19)11-2-5-13(6-3-11)23-9-16(20)24-15-8-12(17)4-7-14(15)18(21)22/h2-8H,9H2,1H3. The lowest BCUT2D eigenvalue weighted by Gasteiger charge is -2.07. The van der Waals surface area contributed by atoms with Crippen molar-refractivity contribution in [3.05, 3.63) is 64.0 Å². The molecule has 0 aliphatic carbocycles. The van der Waals surface area contributed by atoms with Crippen LogP contribution in [0.15, 0.2) is 42.5 Å². The summed E-state index contributed by atoms with van der Waals surface area (Å²) < 4.78 is 23.1. The average molecular weight is 333 g/mol. The molecule has 0 bridgehead atoms. The van der Waals surface area contributed by atoms with Gasteiger partial charge in [0.25, 0.3) is 0 Å². The van der Waals surface area contributed by atoms with Gasteiger partial charge in [0, 0.05) is 17.7 Å². The Hall–Kier alpha value is -3.29. The molecule has 2 aromatic carbocycles. The number of Topliss-reactive ketones (excluding diaryl/α,β-unsaturated/α-hetero) is 1. The maximum absolute atomic E-state index is 13.1. The second-order valence-corrected chi connectivity index (χ2v) is 4.71. The van der Waals surface area contributed by atoms with E-state index >= 15 is 0 Å². The van der Waals surface area contributed by atoms with E-state index in [0.717, 1.165) is 18.2 Å².